The smallest absolute Gasteiger partial charge is 0.337 e. The van der Waals surface area contributed by atoms with Gasteiger partial charge in [-0.05, 0) is 116 Å². The number of rotatable bonds is 4. The molecule has 3 aliphatic rings. The summed E-state index contributed by atoms with van der Waals surface area (Å²) >= 11 is 0. The van der Waals surface area contributed by atoms with E-state index in [2.05, 4.69) is 11.8 Å². The summed E-state index contributed by atoms with van der Waals surface area (Å²) in [5.74, 6) is -0.184. The molecule has 268 valence electrons. The van der Waals surface area contributed by atoms with Crippen LogP contribution in [0.15, 0.2) is 48.7 Å². The van der Waals surface area contributed by atoms with Gasteiger partial charge in [-0.3, -0.25) is 4.40 Å². The van der Waals surface area contributed by atoms with Gasteiger partial charge in [0.2, 0.25) is 0 Å². The topological polar surface area (TPSA) is 106 Å². The molecule has 4 aromatic rings. The first-order chi connectivity index (χ1) is 23.6. The molecule has 1 saturated heterocycles. The summed E-state index contributed by atoms with van der Waals surface area (Å²) in [6.07, 6.45) is 3.73. The molecule has 5 heterocycles. The van der Waals surface area contributed by atoms with Crippen molar-refractivity contribution in [3.8, 4) is 28.1 Å². The summed E-state index contributed by atoms with van der Waals surface area (Å²) in [4.78, 5) is 20.4. The fraction of sp³-hybridized carbons (Fsp3) is 0.500. The Morgan fingerprint density at radius 2 is 1.82 bits per heavy atom. The van der Waals surface area contributed by atoms with Gasteiger partial charge in [-0.25, -0.2) is 14.2 Å². The number of carboxylic acids is 1. The van der Waals surface area contributed by atoms with E-state index >= 15 is 0 Å². The van der Waals surface area contributed by atoms with Crippen LogP contribution in [0.3, 0.4) is 0 Å². The Morgan fingerprint density at radius 1 is 1.10 bits per heavy atom. The molecule has 2 aromatic heterocycles. The van der Waals surface area contributed by atoms with Crippen molar-refractivity contribution in [3.05, 3.63) is 71.2 Å². The quantitative estimate of drug-likeness (QED) is 0.220. The van der Waals surface area contributed by atoms with Gasteiger partial charge in [0, 0.05) is 48.1 Å². The zero-order chi connectivity index (χ0) is 36.0. The van der Waals surface area contributed by atoms with Crippen molar-refractivity contribution in [2.45, 2.75) is 110 Å². The minimum absolute atomic E-state index is 0.0723. The lowest BCUT2D eigenvalue weighted by atomic mass is 9.91. The molecule has 2 aromatic carbocycles. The molecule has 6 bridgehead atoms. The molecule has 0 aliphatic carbocycles. The van der Waals surface area contributed by atoms with Crippen LogP contribution in [0.4, 0.5) is 10.2 Å². The molecule has 0 radical (unpaired) electrons. The fourth-order valence-electron chi connectivity index (χ4n) is 7.34. The number of hydrogen-bond acceptors (Lipinski definition) is 7. The third-order valence-electron chi connectivity index (χ3n) is 9.91. The lowest BCUT2D eigenvalue weighted by molar-refractivity contribution is -0.160. The number of imidazole rings is 1. The number of pyridine rings is 1. The molecule has 10 heteroatoms. The van der Waals surface area contributed by atoms with E-state index in [1.807, 2.05) is 69.5 Å². The third kappa shape index (κ3) is 7.38. The number of benzene rings is 2. The molecule has 3 aliphatic heterocycles. The number of anilines is 1. The highest BCUT2D eigenvalue weighted by Gasteiger charge is 2.38. The first-order valence-electron chi connectivity index (χ1n) is 17.7. The second-order valence-electron chi connectivity index (χ2n) is 15.2. The Bertz CT molecular complexity index is 1870. The van der Waals surface area contributed by atoms with Gasteiger partial charge in [0.15, 0.2) is 6.10 Å². The van der Waals surface area contributed by atoms with E-state index in [1.165, 1.54) is 12.1 Å². The number of aromatic nitrogens is 2. The summed E-state index contributed by atoms with van der Waals surface area (Å²) in [7, 11) is 0. The largest absolute Gasteiger partial charge is 0.490 e. The van der Waals surface area contributed by atoms with Crippen molar-refractivity contribution >= 4 is 17.4 Å². The van der Waals surface area contributed by atoms with E-state index < -0.39 is 23.8 Å². The molecule has 0 spiro atoms. The van der Waals surface area contributed by atoms with Crippen LogP contribution in [-0.4, -0.2) is 62.6 Å². The molecule has 1 fully saturated rings. The van der Waals surface area contributed by atoms with Crippen molar-refractivity contribution in [2.24, 2.45) is 0 Å². The summed E-state index contributed by atoms with van der Waals surface area (Å²) < 4.78 is 35.8. The third-order valence-corrected chi connectivity index (χ3v) is 9.91. The zero-order valence-corrected chi connectivity index (χ0v) is 30.3. The van der Waals surface area contributed by atoms with Crippen molar-refractivity contribution in [3.63, 3.8) is 0 Å². The second kappa shape index (κ2) is 14.0. The molecular weight excluding hydrogens is 637 g/mol. The average Bonchev–Trinajstić information content (AvgIpc) is 3.48. The molecule has 0 amide bonds. The van der Waals surface area contributed by atoms with E-state index in [-0.39, 0.29) is 17.5 Å². The van der Waals surface area contributed by atoms with Gasteiger partial charge < -0.3 is 29.3 Å². The number of piperidine rings is 1. The molecule has 1 unspecified atom stereocenters. The monoisotopic (exact) mass is 687 g/mol. The van der Waals surface area contributed by atoms with Crippen molar-refractivity contribution in [2.75, 3.05) is 24.6 Å². The van der Waals surface area contributed by atoms with Crippen LogP contribution in [-0.2, 0) is 14.3 Å². The van der Waals surface area contributed by atoms with Gasteiger partial charge in [-0.15, -0.1) is 0 Å². The minimum Gasteiger partial charge on any atom is -0.490 e. The number of fused-ring (bicyclic) bond motifs is 8. The number of halogens is 1. The summed E-state index contributed by atoms with van der Waals surface area (Å²) in [5, 5.41) is 21.9. The highest BCUT2D eigenvalue weighted by atomic mass is 19.1. The van der Waals surface area contributed by atoms with Crippen LogP contribution in [0.1, 0.15) is 103 Å². The standard InChI is InChI=1S/C40H50FN3O6/c1-24-11-8-9-20-48-40(7)16-18-43(19-17-40)37-34(35(38(46)47)50-39(4,5)6)25(2)33(26(3)45)36-42-31(23-44(36)37)28-13-10-12-27(21-28)30-22-29(41)14-15-32(30)49-24/h10,12-15,21-24,26,35,45H,8-9,11,16-20H2,1-7H3,(H,46,47)/t24-,26?,35+/m1/s1. The first kappa shape index (κ1) is 35.8. The van der Waals surface area contributed by atoms with Crippen LogP contribution >= 0.6 is 0 Å². The number of aliphatic hydroxyl groups excluding tert-OH is 1. The van der Waals surface area contributed by atoms with E-state index in [0.29, 0.717) is 64.9 Å². The van der Waals surface area contributed by atoms with Crippen molar-refractivity contribution < 1.29 is 33.6 Å². The van der Waals surface area contributed by atoms with Gasteiger partial charge >= 0.3 is 5.97 Å². The number of aliphatic carboxylic acids is 1. The van der Waals surface area contributed by atoms with Gasteiger partial charge in [-0.1, -0.05) is 18.2 Å². The van der Waals surface area contributed by atoms with Crippen LogP contribution in [0.25, 0.3) is 28.0 Å². The Hall–Kier alpha value is -3.99. The maximum absolute atomic E-state index is 14.7. The Balaban J connectivity index is 1.61. The van der Waals surface area contributed by atoms with E-state index in [9.17, 15) is 19.4 Å². The fourth-order valence-corrected chi connectivity index (χ4v) is 7.34. The average molecular weight is 688 g/mol. The van der Waals surface area contributed by atoms with E-state index in [0.717, 1.165) is 43.2 Å². The van der Waals surface area contributed by atoms with Gasteiger partial charge in [-0.2, -0.15) is 0 Å². The predicted molar refractivity (Wildman–Crippen MR) is 192 cm³/mol. The minimum atomic E-state index is -1.30. The maximum atomic E-state index is 14.7. The Kier molecular flexibility index (Phi) is 10.0. The highest BCUT2D eigenvalue weighted by Crippen LogP contribution is 2.43. The number of ether oxygens (including phenoxy) is 3. The normalized spacial score (nSPS) is 21.5. The van der Waals surface area contributed by atoms with Gasteiger partial charge in [0.1, 0.15) is 23.0 Å². The second-order valence-corrected chi connectivity index (χ2v) is 15.2. The van der Waals surface area contributed by atoms with Crippen LogP contribution in [0.5, 0.6) is 5.75 Å². The lowest BCUT2D eigenvalue weighted by Gasteiger charge is -2.42. The first-order valence-corrected chi connectivity index (χ1v) is 17.7. The highest BCUT2D eigenvalue weighted by molar-refractivity contribution is 5.82. The summed E-state index contributed by atoms with van der Waals surface area (Å²) in [6, 6.07) is 12.3. The molecule has 7 rings (SSSR count). The Morgan fingerprint density at radius 3 is 2.50 bits per heavy atom. The number of nitrogens with zero attached hydrogens (tertiary/aromatic N) is 3. The van der Waals surface area contributed by atoms with E-state index in [1.54, 1.807) is 13.0 Å². The van der Waals surface area contributed by atoms with Crippen LogP contribution in [0.2, 0.25) is 0 Å². The SMILES string of the molecule is Cc1c([C@H](OC(C)(C)C)C(=O)O)c2n3cc(nc3c1C(C)O)-c1cccc(c1)-c1cc(F)ccc1O[C@H](C)CCCCOC1(C)CCN2CC1. The summed E-state index contributed by atoms with van der Waals surface area (Å²) in [5.41, 5.74) is 3.93. The van der Waals surface area contributed by atoms with E-state index in [4.69, 9.17) is 19.2 Å². The maximum Gasteiger partial charge on any atom is 0.337 e. The number of hydrogen-bond donors (Lipinski definition) is 2. The zero-order valence-electron chi connectivity index (χ0n) is 30.3. The molecule has 0 saturated carbocycles. The summed E-state index contributed by atoms with van der Waals surface area (Å²) in [6.45, 7) is 15.1. The number of carbonyl (C=O) groups is 1. The van der Waals surface area contributed by atoms with Gasteiger partial charge in [0.25, 0.3) is 0 Å². The lowest BCUT2D eigenvalue weighted by Crippen LogP contribution is -2.45. The molecule has 9 nitrogen and oxygen atoms in total. The molecule has 2 N–H and O–H groups in total. The molecule has 3 atom stereocenters. The van der Waals surface area contributed by atoms with Crippen LogP contribution < -0.4 is 9.64 Å². The predicted octanol–water partition coefficient (Wildman–Crippen LogP) is 8.44. The number of aliphatic hydroxyl groups is 1. The molecular formula is C40H50FN3O6. The molecule has 50 heavy (non-hydrogen) atoms. The van der Waals surface area contributed by atoms with Crippen LogP contribution in [0, 0.1) is 12.7 Å². The van der Waals surface area contributed by atoms with Gasteiger partial charge in [0.05, 0.1) is 29.1 Å². The van der Waals surface area contributed by atoms with Crippen molar-refractivity contribution in [1.82, 2.24) is 9.38 Å². The van der Waals surface area contributed by atoms with Crippen molar-refractivity contribution in [1.29, 1.82) is 0 Å². The number of carboxylic acid groups (broad SMARTS) is 1. The Labute approximate surface area is 294 Å².